The van der Waals surface area contributed by atoms with E-state index in [1.165, 1.54) is 0 Å². The number of rotatable bonds is 1. The summed E-state index contributed by atoms with van der Waals surface area (Å²) < 4.78 is 18.5. The Morgan fingerprint density at radius 1 is 1.54 bits per heavy atom. The number of hydrogen-bond donors (Lipinski definition) is 0. The number of alkyl halides is 1. The Morgan fingerprint density at radius 3 is 3.15 bits per heavy atom. The molecule has 1 aromatic rings. The summed E-state index contributed by atoms with van der Waals surface area (Å²) in [5.41, 5.74) is 0.989. The fraction of sp³-hybridized carbons (Fsp3) is 0.300. The Hall–Kier alpha value is -1.38. The highest BCUT2D eigenvalue weighted by Crippen LogP contribution is 2.34. The summed E-state index contributed by atoms with van der Waals surface area (Å²) in [6.45, 7) is 0.411. The predicted octanol–water partition coefficient (Wildman–Crippen LogP) is 2.29. The molecule has 0 aliphatic carbocycles. The van der Waals surface area contributed by atoms with Gasteiger partial charge in [-0.15, -0.1) is 0 Å². The lowest BCUT2D eigenvalue weighted by molar-refractivity contribution is 0.112. The van der Waals surface area contributed by atoms with E-state index >= 15 is 0 Å². The molecule has 1 unspecified atom stereocenters. The molecule has 0 saturated heterocycles. The molecule has 0 bridgehead atoms. The molecule has 1 atom stereocenters. The highest BCUT2D eigenvalue weighted by atomic mass is 19.1. The Morgan fingerprint density at radius 2 is 2.38 bits per heavy atom. The second-order valence-corrected chi connectivity index (χ2v) is 3.02. The van der Waals surface area contributed by atoms with Crippen molar-refractivity contribution in [2.75, 3.05) is 6.61 Å². The molecule has 2 rings (SSSR count). The molecule has 0 fully saturated rings. The van der Waals surface area contributed by atoms with Crippen molar-refractivity contribution in [2.45, 2.75) is 12.6 Å². The number of ether oxygens (including phenoxy) is 1. The van der Waals surface area contributed by atoms with Crippen LogP contribution < -0.4 is 4.74 Å². The molecule has 0 N–H and O–H groups in total. The van der Waals surface area contributed by atoms with Crippen molar-refractivity contribution in [3.05, 3.63) is 29.3 Å². The van der Waals surface area contributed by atoms with Gasteiger partial charge >= 0.3 is 0 Å². The van der Waals surface area contributed by atoms with Crippen molar-refractivity contribution in [3.63, 3.8) is 0 Å². The average Bonchev–Trinajstić information content (AvgIpc) is 2.18. The Labute approximate surface area is 75.3 Å². The van der Waals surface area contributed by atoms with Gasteiger partial charge < -0.3 is 4.74 Å². The molecule has 0 aromatic heterocycles. The number of carbonyl (C=O) groups is 1. The van der Waals surface area contributed by atoms with Gasteiger partial charge in [-0.25, -0.2) is 4.39 Å². The van der Waals surface area contributed by atoms with Gasteiger partial charge in [-0.2, -0.15) is 0 Å². The smallest absolute Gasteiger partial charge is 0.150 e. The SMILES string of the molecule is O=Cc1ccc2c(c1)C(F)CCO2. The maximum Gasteiger partial charge on any atom is 0.150 e. The van der Waals surface area contributed by atoms with Crippen LogP contribution in [0.5, 0.6) is 5.75 Å². The van der Waals surface area contributed by atoms with Crippen LogP contribution in [0.2, 0.25) is 0 Å². The van der Waals surface area contributed by atoms with Crippen molar-refractivity contribution >= 4 is 6.29 Å². The quantitative estimate of drug-likeness (QED) is 0.620. The van der Waals surface area contributed by atoms with Gasteiger partial charge in [0.05, 0.1) is 6.61 Å². The zero-order valence-corrected chi connectivity index (χ0v) is 7.00. The number of hydrogen-bond acceptors (Lipinski definition) is 2. The van der Waals surface area contributed by atoms with E-state index in [0.717, 1.165) is 0 Å². The molecule has 1 aliphatic heterocycles. The van der Waals surface area contributed by atoms with Crippen molar-refractivity contribution < 1.29 is 13.9 Å². The minimum atomic E-state index is -0.997. The summed E-state index contributed by atoms with van der Waals surface area (Å²) in [6, 6.07) is 4.82. The molecular formula is C10H9FO2. The summed E-state index contributed by atoms with van der Waals surface area (Å²) >= 11 is 0. The van der Waals surface area contributed by atoms with Crippen molar-refractivity contribution in [2.24, 2.45) is 0 Å². The topological polar surface area (TPSA) is 26.3 Å². The van der Waals surface area contributed by atoms with E-state index in [-0.39, 0.29) is 0 Å². The summed E-state index contributed by atoms with van der Waals surface area (Å²) in [7, 11) is 0. The second-order valence-electron chi connectivity index (χ2n) is 3.02. The molecule has 2 nitrogen and oxygen atoms in total. The largest absolute Gasteiger partial charge is 0.493 e. The standard InChI is InChI=1S/C10H9FO2/c11-9-3-4-13-10-2-1-7(6-12)5-8(9)10/h1-2,5-6,9H,3-4H2. The van der Waals surface area contributed by atoms with E-state index in [1.54, 1.807) is 18.2 Å². The van der Waals surface area contributed by atoms with Gasteiger partial charge in [0.15, 0.2) is 0 Å². The van der Waals surface area contributed by atoms with Crippen molar-refractivity contribution in [1.82, 2.24) is 0 Å². The number of halogens is 1. The monoisotopic (exact) mass is 180 g/mol. The van der Waals surface area contributed by atoms with Crippen LogP contribution in [0.25, 0.3) is 0 Å². The van der Waals surface area contributed by atoms with Crippen LogP contribution in [0.1, 0.15) is 28.5 Å². The van der Waals surface area contributed by atoms with Crippen LogP contribution in [-0.2, 0) is 0 Å². The first-order valence-corrected chi connectivity index (χ1v) is 4.17. The maximum absolute atomic E-state index is 13.3. The molecule has 1 aliphatic rings. The summed E-state index contributed by atoms with van der Waals surface area (Å²) in [5.74, 6) is 0.560. The van der Waals surface area contributed by atoms with E-state index < -0.39 is 6.17 Å². The van der Waals surface area contributed by atoms with Crippen LogP contribution in [0.3, 0.4) is 0 Å². The van der Waals surface area contributed by atoms with E-state index in [4.69, 9.17) is 4.74 Å². The van der Waals surface area contributed by atoms with Gasteiger partial charge in [-0.05, 0) is 18.2 Å². The fourth-order valence-corrected chi connectivity index (χ4v) is 1.44. The van der Waals surface area contributed by atoms with Gasteiger partial charge in [0, 0.05) is 17.5 Å². The molecule has 0 radical (unpaired) electrons. The minimum absolute atomic E-state index is 0.370. The summed E-state index contributed by atoms with van der Waals surface area (Å²) in [4.78, 5) is 10.4. The van der Waals surface area contributed by atoms with Gasteiger partial charge in [0.25, 0.3) is 0 Å². The van der Waals surface area contributed by atoms with Crippen molar-refractivity contribution in [1.29, 1.82) is 0 Å². The minimum Gasteiger partial charge on any atom is -0.493 e. The Kier molecular flexibility index (Phi) is 2.00. The number of aldehydes is 1. The maximum atomic E-state index is 13.3. The molecule has 0 saturated carbocycles. The lowest BCUT2D eigenvalue weighted by atomic mass is 10.0. The zero-order chi connectivity index (χ0) is 9.26. The molecule has 68 valence electrons. The number of carbonyl (C=O) groups excluding carboxylic acids is 1. The highest BCUT2D eigenvalue weighted by molar-refractivity contribution is 5.75. The molecule has 13 heavy (non-hydrogen) atoms. The predicted molar refractivity (Wildman–Crippen MR) is 45.8 cm³/mol. The molecule has 3 heteroatoms. The fourth-order valence-electron chi connectivity index (χ4n) is 1.44. The lowest BCUT2D eigenvalue weighted by Gasteiger charge is -2.20. The first-order chi connectivity index (χ1) is 6.31. The first kappa shape index (κ1) is 8.23. The van der Waals surface area contributed by atoms with E-state index in [9.17, 15) is 9.18 Å². The molecule has 1 heterocycles. The zero-order valence-electron chi connectivity index (χ0n) is 7.00. The van der Waals surface area contributed by atoms with E-state index in [0.29, 0.717) is 36.2 Å². The van der Waals surface area contributed by atoms with Crippen LogP contribution in [-0.4, -0.2) is 12.9 Å². The highest BCUT2D eigenvalue weighted by Gasteiger charge is 2.20. The Bertz CT molecular complexity index is 336. The van der Waals surface area contributed by atoms with Crippen LogP contribution >= 0.6 is 0 Å². The van der Waals surface area contributed by atoms with E-state index in [1.807, 2.05) is 0 Å². The third kappa shape index (κ3) is 1.41. The van der Waals surface area contributed by atoms with E-state index in [2.05, 4.69) is 0 Å². The summed E-state index contributed by atoms with van der Waals surface area (Å²) in [6.07, 6.45) is 0.0837. The third-order valence-electron chi connectivity index (χ3n) is 2.14. The van der Waals surface area contributed by atoms with Gasteiger partial charge in [0.1, 0.15) is 18.2 Å². The number of fused-ring (bicyclic) bond motifs is 1. The number of benzene rings is 1. The van der Waals surface area contributed by atoms with Gasteiger partial charge in [0.2, 0.25) is 0 Å². The van der Waals surface area contributed by atoms with Crippen LogP contribution in [0, 0.1) is 0 Å². The van der Waals surface area contributed by atoms with Gasteiger partial charge in [-0.1, -0.05) is 0 Å². The lowest BCUT2D eigenvalue weighted by Crippen LogP contribution is -2.11. The van der Waals surface area contributed by atoms with Gasteiger partial charge in [-0.3, -0.25) is 4.79 Å². The Balaban J connectivity index is 2.46. The molecular weight excluding hydrogens is 171 g/mol. The van der Waals surface area contributed by atoms with Crippen LogP contribution in [0.4, 0.5) is 4.39 Å². The molecule has 1 aromatic carbocycles. The van der Waals surface area contributed by atoms with Crippen molar-refractivity contribution in [3.8, 4) is 5.75 Å². The second kappa shape index (κ2) is 3.17. The molecule has 0 spiro atoms. The van der Waals surface area contributed by atoms with Crippen LogP contribution in [0.15, 0.2) is 18.2 Å². The summed E-state index contributed by atoms with van der Waals surface area (Å²) in [5, 5.41) is 0. The normalized spacial score (nSPS) is 20.2. The first-order valence-electron chi connectivity index (χ1n) is 4.17. The average molecular weight is 180 g/mol. The third-order valence-corrected chi connectivity index (χ3v) is 2.14. The molecule has 0 amide bonds.